The zero-order chi connectivity index (χ0) is 16.5. The van der Waals surface area contributed by atoms with E-state index in [1.807, 2.05) is 4.72 Å². The van der Waals surface area contributed by atoms with Gasteiger partial charge in [0.15, 0.2) is 0 Å². The van der Waals surface area contributed by atoms with Crippen molar-refractivity contribution in [1.29, 1.82) is 0 Å². The summed E-state index contributed by atoms with van der Waals surface area (Å²) in [5.41, 5.74) is -1.09. The second-order valence-electron chi connectivity index (χ2n) is 4.65. The summed E-state index contributed by atoms with van der Waals surface area (Å²) in [5, 5.41) is 9.17. The summed E-state index contributed by atoms with van der Waals surface area (Å²) >= 11 is 0. The molecule has 0 bridgehead atoms. The Kier molecular flexibility index (Phi) is 4.06. The Morgan fingerprint density at radius 3 is 2.18 bits per heavy atom. The van der Waals surface area contributed by atoms with Crippen molar-refractivity contribution in [2.75, 3.05) is 4.72 Å². The molecule has 0 aliphatic carbocycles. The largest absolute Gasteiger partial charge is 0.508 e. The Morgan fingerprint density at radius 1 is 1.05 bits per heavy atom. The van der Waals surface area contributed by atoms with Crippen LogP contribution in [0.2, 0.25) is 0 Å². The smallest absolute Gasteiger partial charge is 0.418 e. The van der Waals surface area contributed by atoms with E-state index in [-0.39, 0.29) is 4.90 Å². The van der Waals surface area contributed by atoms with E-state index < -0.39 is 33.2 Å². The van der Waals surface area contributed by atoms with Crippen LogP contribution in [-0.4, -0.2) is 13.5 Å². The summed E-state index contributed by atoms with van der Waals surface area (Å²) < 4.78 is 64.9. The predicted molar refractivity (Wildman–Crippen MR) is 75.1 cm³/mol. The molecule has 0 amide bonds. The van der Waals surface area contributed by atoms with Gasteiger partial charge in [0.1, 0.15) is 5.75 Å². The number of sulfonamides is 1. The number of phenols is 1. The third-order valence-corrected chi connectivity index (χ3v) is 4.27. The standard InChI is InChI=1S/C14H12F3NO3S/c1-9-2-5-11(6-3-9)22(20,21)18-13-7-4-10(19)8-12(13)14(15,16)17/h2-8,18-19H,1H3. The number of hydrogen-bond acceptors (Lipinski definition) is 3. The van der Waals surface area contributed by atoms with Crippen LogP contribution in [0.25, 0.3) is 0 Å². The third kappa shape index (κ3) is 3.51. The van der Waals surface area contributed by atoms with E-state index >= 15 is 0 Å². The summed E-state index contributed by atoms with van der Waals surface area (Å²) in [6.07, 6.45) is -4.80. The Morgan fingerprint density at radius 2 is 1.64 bits per heavy atom. The Hall–Kier alpha value is -2.22. The van der Waals surface area contributed by atoms with E-state index in [2.05, 4.69) is 0 Å². The highest BCUT2D eigenvalue weighted by atomic mass is 32.2. The maximum Gasteiger partial charge on any atom is 0.418 e. The van der Waals surface area contributed by atoms with E-state index in [9.17, 15) is 21.6 Å². The van der Waals surface area contributed by atoms with Crippen LogP contribution in [0.15, 0.2) is 47.4 Å². The summed E-state index contributed by atoms with van der Waals surface area (Å²) in [4.78, 5) is -0.153. The molecule has 2 rings (SSSR count). The first kappa shape index (κ1) is 16.2. The van der Waals surface area contributed by atoms with Crippen LogP contribution in [0.5, 0.6) is 5.75 Å². The second kappa shape index (κ2) is 5.53. The van der Waals surface area contributed by atoms with Crippen molar-refractivity contribution in [3.05, 3.63) is 53.6 Å². The highest BCUT2D eigenvalue weighted by molar-refractivity contribution is 7.92. The van der Waals surface area contributed by atoms with Gasteiger partial charge in [0.05, 0.1) is 16.1 Å². The normalized spacial score (nSPS) is 12.2. The van der Waals surface area contributed by atoms with E-state index in [0.29, 0.717) is 6.07 Å². The van der Waals surface area contributed by atoms with Crippen LogP contribution in [0.4, 0.5) is 18.9 Å². The average Bonchev–Trinajstić information content (AvgIpc) is 2.40. The van der Waals surface area contributed by atoms with E-state index in [1.54, 1.807) is 6.92 Å². The molecule has 0 radical (unpaired) electrons. The lowest BCUT2D eigenvalue weighted by molar-refractivity contribution is -0.137. The number of hydrogen-bond donors (Lipinski definition) is 2. The lowest BCUT2D eigenvalue weighted by Crippen LogP contribution is -2.17. The van der Waals surface area contributed by atoms with Gasteiger partial charge in [-0.05, 0) is 37.3 Å². The van der Waals surface area contributed by atoms with Crippen molar-refractivity contribution in [2.45, 2.75) is 18.0 Å². The van der Waals surface area contributed by atoms with Gasteiger partial charge in [-0.3, -0.25) is 4.72 Å². The summed E-state index contributed by atoms with van der Waals surface area (Å²) in [7, 11) is -4.16. The number of anilines is 1. The fourth-order valence-electron chi connectivity index (χ4n) is 1.78. The number of halogens is 3. The Bertz CT molecular complexity index is 784. The Balaban J connectivity index is 2.44. The van der Waals surface area contributed by atoms with Crippen molar-refractivity contribution in [3.8, 4) is 5.75 Å². The van der Waals surface area contributed by atoms with Crippen molar-refractivity contribution in [2.24, 2.45) is 0 Å². The van der Waals surface area contributed by atoms with Crippen molar-refractivity contribution in [3.63, 3.8) is 0 Å². The molecule has 0 saturated carbocycles. The molecule has 0 fully saturated rings. The minimum Gasteiger partial charge on any atom is -0.508 e. The van der Waals surface area contributed by atoms with Gasteiger partial charge in [0.2, 0.25) is 0 Å². The molecule has 118 valence electrons. The quantitative estimate of drug-likeness (QED) is 0.846. The molecule has 0 heterocycles. The first-order chi connectivity index (χ1) is 10.1. The molecule has 0 aromatic heterocycles. The highest BCUT2D eigenvalue weighted by Gasteiger charge is 2.35. The second-order valence-corrected chi connectivity index (χ2v) is 6.33. The van der Waals surface area contributed by atoms with Crippen molar-refractivity contribution < 1.29 is 26.7 Å². The fourth-order valence-corrected chi connectivity index (χ4v) is 2.86. The zero-order valence-electron chi connectivity index (χ0n) is 11.3. The molecular formula is C14H12F3NO3S. The molecule has 2 N–H and O–H groups in total. The van der Waals surface area contributed by atoms with Crippen LogP contribution in [0.3, 0.4) is 0 Å². The summed E-state index contributed by atoms with van der Waals surface area (Å²) in [5.74, 6) is -0.606. The topological polar surface area (TPSA) is 66.4 Å². The maximum atomic E-state index is 12.9. The van der Waals surface area contributed by atoms with Gasteiger partial charge in [-0.1, -0.05) is 17.7 Å². The number of aryl methyl sites for hydroxylation is 1. The number of phenolic OH excluding ortho intramolecular Hbond substituents is 1. The lowest BCUT2D eigenvalue weighted by atomic mass is 10.1. The average molecular weight is 331 g/mol. The van der Waals surface area contributed by atoms with Gasteiger partial charge in [-0.15, -0.1) is 0 Å². The van der Waals surface area contributed by atoms with Gasteiger partial charge < -0.3 is 5.11 Å². The SMILES string of the molecule is Cc1ccc(S(=O)(=O)Nc2ccc(O)cc2C(F)(F)F)cc1. The summed E-state index contributed by atoms with van der Waals surface area (Å²) in [6, 6.07) is 7.97. The Labute approximate surface area is 125 Å². The molecule has 4 nitrogen and oxygen atoms in total. The van der Waals surface area contributed by atoms with Gasteiger partial charge in [-0.25, -0.2) is 8.42 Å². The third-order valence-electron chi connectivity index (χ3n) is 2.88. The van der Waals surface area contributed by atoms with Gasteiger partial charge >= 0.3 is 6.18 Å². The molecule has 2 aromatic rings. The van der Waals surface area contributed by atoms with E-state index in [0.717, 1.165) is 17.7 Å². The molecule has 0 saturated heterocycles. The minimum absolute atomic E-state index is 0.153. The maximum absolute atomic E-state index is 12.9. The van der Waals surface area contributed by atoms with Crippen LogP contribution in [-0.2, 0) is 16.2 Å². The molecule has 8 heteroatoms. The van der Waals surface area contributed by atoms with Crippen LogP contribution in [0.1, 0.15) is 11.1 Å². The minimum atomic E-state index is -4.80. The molecule has 0 unspecified atom stereocenters. The molecule has 0 atom stereocenters. The van der Waals surface area contributed by atoms with Crippen LogP contribution >= 0.6 is 0 Å². The molecule has 22 heavy (non-hydrogen) atoms. The van der Waals surface area contributed by atoms with Gasteiger partial charge in [0, 0.05) is 0 Å². The highest BCUT2D eigenvalue weighted by Crippen LogP contribution is 2.37. The number of nitrogens with one attached hydrogen (secondary N) is 1. The zero-order valence-corrected chi connectivity index (χ0v) is 12.2. The number of rotatable bonds is 3. The predicted octanol–water partition coefficient (Wildman–Crippen LogP) is 3.52. The first-order valence-corrected chi connectivity index (χ1v) is 7.57. The molecule has 2 aromatic carbocycles. The lowest BCUT2D eigenvalue weighted by Gasteiger charge is -2.15. The van der Waals surface area contributed by atoms with Crippen LogP contribution in [0, 0.1) is 6.92 Å². The molecular weight excluding hydrogens is 319 g/mol. The molecule has 0 spiro atoms. The van der Waals surface area contributed by atoms with Crippen molar-refractivity contribution >= 4 is 15.7 Å². The van der Waals surface area contributed by atoms with Gasteiger partial charge in [0.25, 0.3) is 10.0 Å². The number of aromatic hydroxyl groups is 1. The monoisotopic (exact) mass is 331 g/mol. The van der Waals surface area contributed by atoms with Gasteiger partial charge in [-0.2, -0.15) is 13.2 Å². The first-order valence-electron chi connectivity index (χ1n) is 6.09. The number of benzene rings is 2. The van der Waals surface area contributed by atoms with Crippen LogP contribution < -0.4 is 4.72 Å². The summed E-state index contributed by atoms with van der Waals surface area (Å²) in [6.45, 7) is 1.76. The van der Waals surface area contributed by atoms with E-state index in [1.165, 1.54) is 24.3 Å². The van der Waals surface area contributed by atoms with Crippen molar-refractivity contribution in [1.82, 2.24) is 0 Å². The number of alkyl halides is 3. The molecule has 0 aliphatic rings. The molecule has 0 aliphatic heterocycles. The van der Waals surface area contributed by atoms with E-state index in [4.69, 9.17) is 5.11 Å². The fraction of sp³-hybridized carbons (Fsp3) is 0.143.